The highest BCUT2D eigenvalue weighted by Crippen LogP contribution is 2.41. The van der Waals surface area contributed by atoms with E-state index in [0.717, 1.165) is 6.07 Å². The number of aromatic nitrogens is 1. The van der Waals surface area contributed by atoms with Gasteiger partial charge in [-0.3, -0.25) is 25.2 Å². The molecule has 0 unspecified atom stereocenters. The quantitative estimate of drug-likeness (QED) is 0.499. The topological polar surface area (TPSA) is 111 Å². The number of rotatable bonds is 4. The van der Waals surface area contributed by atoms with Crippen molar-refractivity contribution in [3.63, 3.8) is 0 Å². The fraction of sp³-hybridized carbons (Fsp3) is 0. The van der Waals surface area contributed by atoms with E-state index in [-0.39, 0.29) is 21.6 Å². The van der Waals surface area contributed by atoms with Crippen molar-refractivity contribution >= 4 is 56.9 Å². The molecule has 1 N–H and O–H groups in total. The lowest BCUT2D eigenvalue weighted by Crippen LogP contribution is -2.02. The Bertz CT molecular complexity index is 1030. The van der Waals surface area contributed by atoms with Crippen LogP contribution in [0.1, 0.15) is 0 Å². The maximum absolute atomic E-state index is 11.4. The van der Waals surface area contributed by atoms with Gasteiger partial charge in [0.1, 0.15) is 11.2 Å². The molecule has 3 aromatic rings. The van der Waals surface area contributed by atoms with Gasteiger partial charge in [0.2, 0.25) is 0 Å². The molecule has 3 rings (SSSR count). The Morgan fingerprint density at radius 3 is 2.40 bits per heavy atom. The molecule has 0 aliphatic rings. The largest absolute Gasteiger partial charge is 0.347 e. The molecule has 0 atom stereocenters. The van der Waals surface area contributed by atoms with Crippen LogP contribution in [-0.2, 0) is 0 Å². The molecule has 1 aromatic heterocycles. The molecule has 0 saturated heterocycles. The van der Waals surface area contributed by atoms with E-state index in [1.54, 1.807) is 6.07 Å². The average molecular weight is 379 g/mol. The molecule has 8 nitrogen and oxygen atoms in total. The first kappa shape index (κ1) is 16.9. The highest BCUT2D eigenvalue weighted by atomic mass is 35.5. The molecule has 0 aliphatic carbocycles. The Morgan fingerprint density at radius 2 is 1.72 bits per heavy atom. The molecule has 0 radical (unpaired) electrons. The zero-order valence-electron chi connectivity index (χ0n) is 12.3. The van der Waals surface area contributed by atoms with E-state index in [1.807, 2.05) is 0 Å². The third-order valence-electron chi connectivity index (χ3n) is 3.43. The lowest BCUT2D eigenvalue weighted by atomic mass is 10.1. The van der Waals surface area contributed by atoms with Crippen LogP contribution in [0.25, 0.3) is 10.9 Å². The Morgan fingerprint density at radius 1 is 1.00 bits per heavy atom. The second-order valence-corrected chi connectivity index (χ2v) is 5.80. The van der Waals surface area contributed by atoms with Gasteiger partial charge in [0.15, 0.2) is 0 Å². The third kappa shape index (κ3) is 3.17. The molecular weight excluding hydrogens is 371 g/mol. The van der Waals surface area contributed by atoms with Crippen molar-refractivity contribution in [1.82, 2.24) is 4.98 Å². The van der Waals surface area contributed by atoms with Crippen molar-refractivity contribution < 1.29 is 9.85 Å². The molecule has 2 aromatic carbocycles. The van der Waals surface area contributed by atoms with E-state index in [1.165, 1.54) is 30.5 Å². The van der Waals surface area contributed by atoms with Gasteiger partial charge in [-0.05, 0) is 30.3 Å². The number of nitro benzene ring substituents is 2. The number of pyridine rings is 1. The zero-order valence-corrected chi connectivity index (χ0v) is 13.8. The first-order chi connectivity index (χ1) is 11.9. The van der Waals surface area contributed by atoms with E-state index >= 15 is 0 Å². The molecule has 0 fully saturated rings. The molecule has 10 heteroatoms. The lowest BCUT2D eigenvalue weighted by molar-refractivity contribution is -0.392. The van der Waals surface area contributed by atoms with Gasteiger partial charge in [0.25, 0.3) is 5.69 Å². The minimum atomic E-state index is -0.720. The SMILES string of the molecule is O=[N+]([O-])c1cc([N+](=O)[O-])c2cccnc2c1Nc1cc(Cl)ccc1Cl. The highest BCUT2D eigenvalue weighted by molar-refractivity contribution is 6.35. The fourth-order valence-electron chi connectivity index (χ4n) is 2.36. The van der Waals surface area contributed by atoms with Crippen LogP contribution >= 0.6 is 23.2 Å². The van der Waals surface area contributed by atoms with Crippen LogP contribution in [0.3, 0.4) is 0 Å². The summed E-state index contributed by atoms with van der Waals surface area (Å²) >= 11 is 12.0. The maximum Gasteiger partial charge on any atom is 0.301 e. The van der Waals surface area contributed by atoms with Crippen molar-refractivity contribution in [3.05, 3.63) is 72.9 Å². The summed E-state index contributed by atoms with van der Waals surface area (Å²) in [6, 6.07) is 8.45. The van der Waals surface area contributed by atoms with Gasteiger partial charge < -0.3 is 5.32 Å². The summed E-state index contributed by atoms with van der Waals surface area (Å²) in [6.45, 7) is 0. The van der Waals surface area contributed by atoms with Crippen LogP contribution in [-0.4, -0.2) is 14.8 Å². The number of halogens is 2. The number of nitrogens with zero attached hydrogens (tertiary/aromatic N) is 3. The Balaban J connectivity index is 2.31. The normalized spacial score (nSPS) is 10.6. The van der Waals surface area contributed by atoms with E-state index < -0.39 is 21.2 Å². The van der Waals surface area contributed by atoms with Crippen LogP contribution in [0.15, 0.2) is 42.6 Å². The minimum absolute atomic E-state index is 0.00429. The number of nitrogens with one attached hydrogen (secondary N) is 1. The maximum atomic E-state index is 11.4. The van der Waals surface area contributed by atoms with Crippen LogP contribution in [0, 0.1) is 20.2 Å². The first-order valence-corrected chi connectivity index (χ1v) is 7.56. The Labute approximate surface area is 150 Å². The van der Waals surface area contributed by atoms with Crippen LogP contribution < -0.4 is 5.32 Å². The number of anilines is 2. The summed E-state index contributed by atoms with van der Waals surface area (Å²) < 4.78 is 0. The Kier molecular flexibility index (Phi) is 4.39. The van der Waals surface area contributed by atoms with Crippen molar-refractivity contribution in [2.24, 2.45) is 0 Å². The Hall–Kier alpha value is -2.97. The van der Waals surface area contributed by atoms with E-state index in [2.05, 4.69) is 10.3 Å². The number of benzene rings is 2. The third-order valence-corrected chi connectivity index (χ3v) is 4.00. The molecule has 25 heavy (non-hydrogen) atoms. The van der Waals surface area contributed by atoms with Crippen LogP contribution in [0.2, 0.25) is 10.0 Å². The molecule has 0 spiro atoms. The summed E-state index contributed by atoms with van der Waals surface area (Å²) in [5.41, 5.74) is -0.501. The van der Waals surface area contributed by atoms with Gasteiger partial charge in [0.05, 0.1) is 32.0 Å². The van der Waals surface area contributed by atoms with Gasteiger partial charge in [-0.1, -0.05) is 23.2 Å². The zero-order chi connectivity index (χ0) is 18.1. The molecule has 1 heterocycles. The van der Waals surface area contributed by atoms with E-state index in [9.17, 15) is 20.2 Å². The average Bonchev–Trinajstić information content (AvgIpc) is 2.57. The van der Waals surface area contributed by atoms with Crippen LogP contribution in [0.5, 0.6) is 0 Å². The summed E-state index contributed by atoms with van der Waals surface area (Å²) in [5, 5.41) is 26.3. The monoisotopic (exact) mass is 378 g/mol. The molecule has 0 bridgehead atoms. The lowest BCUT2D eigenvalue weighted by Gasteiger charge is -2.11. The van der Waals surface area contributed by atoms with Gasteiger partial charge >= 0.3 is 5.69 Å². The van der Waals surface area contributed by atoms with Gasteiger partial charge in [-0.2, -0.15) is 0 Å². The number of nitro groups is 2. The molecule has 0 amide bonds. The van der Waals surface area contributed by atoms with E-state index in [4.69, 9.17) is 23.2 Å². The number of hydrogen-bond donors (Lipinski definition) is 1. The fourth-order valence-corrected chi connectivity index (χ4v) is 2.70. The van der Waals surface area contributed by atoms with Gasteiger partial charge in [-0.25, -0.2) is 0 Å². The number of non-ortho nitro benzene ring substituents is 1. The van der Waals surface area contributed by atoms with Crippen LogP contribution in [0.4, 0.5) is 22.7 Å². The second-order valence-electron chi connectivity index (χ2n) is 4.95. The predicted molar refractivity (Wildman–Crippen MR) is 94.8 cm³/mol. The van der Waals surface area contributed by atoms with Gasteiger partial charge in [-0.15, -0.1) is 0 Å². The van der Waals surface area contributed by atoms with Gasteiger partial charge in [0, 0.05) is 11.2 Å². The molecule has 126 valence electrons. The minimum Gasteiger partial charge on any atom is -0.347 e. The smallest absolute Gasteiger partial charge is 0.301 e. The number of hydrogen-bond acceptors (Lipinski definition) is 6. The van der Waals surface area contributed by atoms with Crippen molar-refractivity contribution in [3.8, 4) is 0 Å². The number of fused-ring (bicyclic) bond motifs is 1. The highest BCUT2D eigenvalue weighted by Gasteiger charge is 2.26. The molecule has 0 saturated carbocycles. The second kappa shape index (κ2) is 6.50. The predicted octanol–water partition coefficient (Wildman–Crippen LogP) is 5.10. The summed E-state index contributed by atoms with van der Waals surface area (Å²) in [4.78, 5) is 25.4. The van der Waals surface area contributed by atoms with E-state index in [0.29, 0.717) is 10.7 Å². The summed E-state index contributed by atoms with van der Waals surface area (Å²) in [5.74, 6) is 0. The first-order valence-electron chi connectivity index (χ1n) is 6.81. The summed E-state index contributed by atoms with van der Waals surface area (Å²) in [7, 11) is 0. The van der Waals surface area contributed by atoms with Crippen molar-refractivity contribution in [2.75, 3.05) is 5.32 Å². The molecule has 0 aliphatic heterocycles. The summed E-state index contributed by atoms with van der Waals surface area (Å²) in [6.07, 6.45) is 1.39. The van der Waals surface area contributed by atoms with Crippen molar-refractivity contribution in [2.45, 2.75) is 0 Å². The standard InChI is InChI=1S/C15H8Cl2N4O4/c16-8-3-4-10(17)11(6-8)19-15-13(21(24)25)7-12(20(22)23)9-2-1-5-18-14(9)15/h1-7,19H. The molecular formula is C15H8Cl2N4O4. The van der Waals surface area contributed by atoms with Crippen molar-refractivity contribution in [1.29, 1.82) is 0 Å².